The van der Waals surface area contributed by atoms with E-state index in [0.29, 0.717) is 26.1 Å². The monoisotopic (exact) mass is 574 g/mol. The van der Waals surface area contributed by atoms with Crippen LogP contribution in [0.15, 0.2) is 18.2 Å². The summed E-state index contributed by atoms with van der Waals surface area (Å²) >= 11 is 5.85. The third kappa shape index (κ3) is 6.54. The Morgan fingerprint density at radius 1 is 1.18 bits per heavy atom. The van der Waals surface area contributed by atoms with Crippen LogP contribution in [0, 0.1) is 10.8 Å². The molecule has 2 N–H and O–H groups in total. The highest BCUT2D eigenvalue weighted by molar-refractivity contribution is 6.32. The van der Waals surface area contributed by atoms with Gasteiger partial charge in [-0.3, -0.25) is 9.59 Å². The second-order valence-electron chi connectivity index (χ2n) is 11.3. The van der Waals surface area contributed by atoms with Crippen LogP contribution in [0.1, 0.15) is 46.5 Å². The number of halogens is 4. The quantitative estimate of drug-likeness (QED) is 0.533. The highest BCUT2D eigenvalue weighted by atomic mass is 35.5. The summed E-state index contributed by atoms with van der Waals surface area (Å²) in [5, 5.41) is 12.7. The van der Waals surface area contributed by atoms with E-state index in [-0.39, 0.29) is 41.0 Å². The lowest BCUT2D eigenvalue weighted by atomic mass is 9.84. The summed E-state index contributed by atoms with van der Waals surface area (Å²) in [6.45, 7) is 7.10. The Kier molecular flexibility index (Phi) is 8.01. The van der Waals surface area contributed by atoms with Gasteiger partial charge in [0.05, 0.1) is 11.1 Å². The van der Waals surface area contributed by atoms with Crippen molar-refractivity contribution in [1.82, 2.24) is 14.7 Å². The van der Waals surface area contributed by atoms with Crippen molar-refractivity contribution in [2.45, 2.75) is 65.0 Å². The van der Waals surface area contributed by atoms with E-state index in [4.69, 9.17) is 11.6 Å². The number of anilines is 1. The standard InChI is InChI=1S/C26H34ClF3N4O5/c1-16-21(36)32(10-8-24(2,3)22(37)33-11-9-25(6-7-25)20(35)15-33)12-13-34(16)23(38)31-17-4-5-19(18(27)14-17)39-26(28,29)30/h4-5,14,16,20,35H,6-13,15H2,1-3H3,(H,31,38)/t16-,20+/m0/s1. The van der Waals surface area contributed by atoms with Crippen LogP contribution in [-0.2, 0) is 9.59 Å². The predicted octanol–water partition coefficient (Wildman–Crippen LogP) is 4.09. The number of ether oxygens (including phenoxy) is 1. The van der Waals surface area contributed by atoms with Crippen LogP contribution in [-0.4, -0.2) is 88.9 Å². The Bertz CT molecular complexity index is 1130. The molecule has 1 aromatic carbocycles. The summed E-state index contributed by atoms with van der Waals surface area (Å²) in [5.41, 5.74) is -0.572. The number of hydrogen-bond donors (Lipinski definition) is 2. The molecule has 4 amide bonds. The predicted molar refractivity (Wildman–Crippen MR) is 137 cm³/mol. The van der Waals surface area contributed by atoms with Crippen molar-refractivity contribution >= 4 is 35.1 Å². The van der Waals surface area contributed by atoms with Crippen molar-refractivity contribution in [2.75, 3.05) is 38.0 Å². The molecule has 0 radical (unpaired) electrons. The molecule has 4 rings (SSSR count). The number of benzene rings is 1. The fourth-order valence-electron chi connectivity index (χ4n) is 5.31. The van der Waals surface area contributed by atoms with Crippen LogP contribution in [0.4, 0.5) is 23.7 Å². The maximum absolute atomic E-state index is 13.2. The smallest absolute Gasteiger partial charge is 0.404 e. The minimum Gasteiger partial charge on any atom is -0.404 e. The third-order valence-electron chi connectivity index (χ3n) is 8.16. The summed E-state index contributed by atoms with van der Waals surface area (Å²) < 4.78 is 41.2. The van der Waals surface area contributed by atoms with Crippen molar-refractivity contribution in [1.29, 1.82) is 0 Å². The molecule has 0 bridgehead atoms. The van der Waals surface area contributed by atoms with E-state index in [9.17, 15) is 32.7 Å². The number of likely N-dealkylation sites (tertiary alicyclic amines) is 1. The second kappa shape index (κ2) is 10.7. The molecule has 1 saturated carbocycles. The number of rotatable bonds is 6. The van der Waals surface area contributed by atoms with Crippen LogP contribution in [0.3, 0.4) is 0 Å². The molecule has 0 unspecified atom stereocenters. The molecule has 9 nitrogen and oxygen atoms in total. The summed E-state index contributed by atoms with van der Waals surface area (Å²) in [6.07, 6.45) is -2.12. The Hall–Kier alpha value is -2.73. The topological polar surface area (TPSA) is 102 Å². The van der Waals surface area contributed by atoms with Crippen molar-refractivity contribution < 1.29 is 37.4 Å². The average molecular weight is 575 g/mol. The number of piperidine rings is 1. The molecule has 39 heavy (non-hydrogen) atoms. The fraction of sp³-hybridized carbons (Fsp3) is 0.654. The first-order valence-electron chi connectivity index (χ1n) is 13.0. The number of hydrogen-bond acceptors (Lipinski definition) is 5. The fourth-order valence-corrected chi connectivity index (χ4v) is 5.53. The Labute approximate surface area is 230 Å². The van der Waals surface area contributed by atoms with Crippen LogP contribution in [0.25, 0.3) is 0 Å². The molecule has 1 spiro atoms. The minimum atomic E-state index is -4.90. The third-order valence-corrected chi connectivity index (χ3v) is 8.46. The lowest BCUT2D eigenvalue weighted by Gasteiger charge is -2.42. The number of alkyl halides is 3. The van der Waals surface area contributed by atoms with Crippen LogP contribution in [0.2, 0.25) is 5.02 Å². The molecule has 2 saturated heterocycles. The van der Waals surface area contributed by atoms with Gasteiger partial charge in [-0.25, -0.2) is 4.79 Å². The number of aliphatic hydroxyl groups excluding tert-OH is 1. The van der Waals surface area contributed by atoms with Crippen LogP contribution >= 0.6 is 11.6 Å². The molecule has 1 aromatic rings. The number of carbonyl (C=O) groups is 3. The van der Waals surface area contributed by atoms with Gasteiger partial charge in [0.15, 0.2) is 0 Å². The molecule has 3 aliphatic rings. The van der Waals surface area contributed by atoms with Gasteiger partial charge < -0.3 is 29.9 Å². The number of nitrogens with one attached hydrogen (secondary N) is 1. The Balaban J connectivity index is 1.29. The van der Waals surface area contributed by atoms with Crippen LogP contribution in [0.5, 0.6) is 5.75 Å². The van der Waals surface area contributed by atoms with Crippen molar-refractivity contribution in [3.63, 3.8) is 0 Å². The molecule has 2 heterocycles. The van der Waals surface area contributed by atoms with Gasteiger partial charge in [-0.15, -0.1) is 13.2 Å². The first-order valence-corrected chi connectivity index (χ1v) is 13.4. The van der Waals surface area contributed by atoms with Gasteiger partial charge in [0.1, 0.15) is 11.8 Å². The summed E-state index contributed by atoms with van der Waals surface area (Å²) in [6, 6.07) is 1.97. The van der Waals surface area contributed by atoms with E-state index in [0.717, 1.165) is 31.4 Å². The van der Waals surface area contributed by atoms with Crippen LogP contribution < -0.4 is 10.1 Å². The second-order valence-corrected chi connectivity index (χ2v) is 11.7. The van der Waals surface area contributed by atoms with Gasteiger partial charge in [-0.2, -0.15) is 0 Å². The summed E-state index contributed by atoms with van der Waals surface area (Å²) in [4.78, 5) is 43.8. The van der Waals surface area contributed by atoms with Gasteiger partial charge in [-0.05, 0) is 56.2 Å². The van der Waals surface area contributed by atoms with Crippen molar-refractivity contribution in [2.24, 2.45) is 10.8 Å². The molecule has 0 aromatic heterocycles. The molecular weight excluding hydrogens is 541 g/mol. The largest absolute Gasteiger partial charge is 0.573 e. The van der Waals surface area contributed by atoms with Gasteiger partial charge in [0.25, 0.3) is 0 Å². The highest BCUT2D eigenvalue weighted by Gasteiger charge is 2.52. The molecule has 13 heteroatoms. The average Bonchev–Trinajstić information content (AvgIpc) is 3.63. The number of piperazine rings is 1. The first-order chi connectivity index (χ1) is 18.1. The number of carbonyl (C=O) groups excluding carboxylic acids is 3. The number of nitrogens with zero attached hydrogens (tertiary/aromatic N) is 3. The first kappa shape index (κ1) is 29.3. The summed E-state index contributed by atoms with van der Waals surface area (Å²) in [5.74, 6) is -0.902. The normalized spacial score (nSPS) is 23.2. The van der Waals surface area contributed by atoms with Gasteiger partial charge >= 0.3 is 12.4 Å². The van der Waals surface area contributed by atoms with Gasteiger partial charge in [-0.1, -0.05) is 25.4 Å². The van der Waals surface area contributed by atoms with Crippen molar-refractivity contribution in [3.8, 4) is 5.75 Å². The Morgan fingerprint density at radius 3 is 2.46 bits per heavy atom. The number of aliphatic hydroxyl groups is 1. The maximum atomic E-state index is 13.2. The van der Waals surface area contributed by atoms with E-state index in [1.54, 1.807) is 16.7 Å². The number of β-amino-alcohol motifs (C(OH)–C–C–N with tert-alkyl or cyclic N) is 1. The molecule has 2 aliphatic heterocycles. The minimum absolute atomic E-state index is 0.00664. The molecular formula is C26H34ClF3N4O5. The van der Waals surface area contributed by atoms with Gasteiger partial charge in [0.2, 0.25) is 11.8 Å². The highest BCUT2D eigenvalue weighted by Crippen LogP contribution is 2.54. The molecule has 1 aliphatic carbocycles. The van der Waals surface area contributed by atoms with E-state index >= 15 is 0 Å². The lowest BCUT2D eigenvalue weighted by Crippen LogP contribution is -2.59. The summed E-state index contributed by atoms with van der Waals surface area (Å²) in [7, 11) is 0. The Morgan fingerprint density at radius 2 is 1.87 bits per heavy atom. The molecule has 3 fully saturated rings. The SMILES string of the molecule is C[C@H]1C(=O)N(CCC(C)(C)C(=O)N2CCC3(CC3)[C@H](O)C2)CCN1C(=O)Nc1ccc(OC(F)(F)F)c(Cl)c1. The lowest BCUT2D eigenvalue weighted by molar-refractivity contribution is -0.274. The van der Waals surface area contributed by atoms with E-state index in [2.05, 4.69) is 10.1 Å². The van der Waals surface area contributed by atoms with E-state index in [1.807, 2.05) is 13.8 Å². The van der Waals surface area contributed by atoms with Crippen molar-refractivity contribution in [3.05, 3.63) is 23.2 Å². The zero-order valence-electron chi connectivity index (χ0n) is 22.2. The maximum Gasteiger partial charge on any atom is 0.573 e. The van der Waals surface area contributed by atoms with E-state index < -0.39 is 35.7 Å². The van der Waals surface area contributed by atoms with Gasteiger partial charge in [0, 0.05) is 43.8 Å². The zero-order valence-corrected chi connectivity index (χ0v) is 22.9. The van der Waals surface area contributed by atoms with E-state index in [1.165, 1.54) is 11.0 Å². The number of amides is 4. The molecule has 216 valence electrons. The number of urea groups is 1. The zero-order chi connectivity index (χ0) is 28.8. The molecule has 2 atom stereocenters.